The van der Waals surface area contributed by atoms with Crippen LogP contribution in [0.1, 0.15) is 38.2 Å². The molecule has 0 spiro atoms. The highest BCUT2D eigenvalue weighted by atomic mass is 32.2. The first kappa shape index (κ1) is 18.9. The number of carboxylic acids is 1. The lowest BCUT2D eigenvalue weighted by molar-refractivity contribution is -0.149. The Balaban J connectivity index is 1.59. The molecule has 2 atom stereocenters. The van der Waals surface area contributed by atoms with Crippen molar-refractivity contribution in [2.24, 2.45) is 11.3 Å². The fourth-order valence-electron chi connectivity index (χ4n) is 4.27. The number of carbonyl (C=O) groups excluding carboxylic acids is 1. The summed E-state index contributed by atoms with van der Waals surface area (Å²) in [5, 5.41) is 9.61. The van der Waals surface area contributed by atoms with E-state index in [0.717, 1.165) is 18.4 Å². The van der Waals surface area contributed by atoms with Crippen LogP contribution in [0.5, 0.6) is 0 Å². The van der Waals surface area contributed by atoms with Gasteiger partial charge in [-0.1, -0.05) is 25.5 Å². The molecule has 0 aromatic heterocycles. The standard InChI is InChI=1S/C19H25NO5S/c1-2-26(24,25)16-8-5-14(6-9-16)7-10-17(21)20-12-15-4-3-11-19(15,13-20)18(22)23/h5-6,8-9,15H,2-4,7,10-13H2,1H3,(H,22,23)/t15-,19+/m0/s1. The van der Waals surface area contributed by atoms with Crippen LogP contribution in [0.2, 0.25) is 0 Å². The second-order valence-corrected chi connectivity index (χ2v) is 9.65. The number of sulfone groups is 1. The van der Waals surface area contributed by atoms with Gasteiger partial charge in [-0.05, 0) is 42.9 Å². The SMILES string of the molecule is CCS(=O)(=O)c1ccc(CCC(=O)N2C[C@@H]3CCC[C@@]3(C(=O)O)C2)cc1. The monoisotopic (exact) mass is 379 g/mol. The average Bonchev–Trinajstić information content (AvgIpc) is 3.18. The number of amides is 1. The van der Waals surface area contributed by atoms with E-state index < -0.39 is 21.2 Å². The van der Waals surface area contributed by atoms with Gasteiger partial charge < -0.3 is 10.0 Å². The molecule has 1 amide bonds. The molecule has 1 aliphatic heterocycles. The van der Waals surface area contributed by atoms with Crippen molar-refractivity contribution in [3.8, 4) is 0 Å². The van der Waals surface area contributed by atoms with E-state index in [0.29, 0.717) is 37.2 Å². The first-order valence-electron chi connectivity index (χ1n) is 9.11. The second-order valence-electron chi connectivity index (χ2n) is 7.37. The number of carbonyl (C=O) groups is 2. The predicted molar refractivity (Wildman–Crippen MR) is 96.5 cm³/mol. The Hall–Kier alpha value is -1.89. The third-order valence-corrected chi connectivity index (χ3v) is 7.69. The molecule has 1 aromatic carbocycles. The number of nitrogens with zero attached hydrogens (tertiary/aromatic N) is 1. The van der Waals surface area contributed by atoms with Gasteiger partial charge in [-0.3, -0.25) is 9.59 Å². The molecule has 0 unspecified atom stereocenters. The summed E-state index contributed by atoms with van der Waals surface area (Å²) in [6.07, 6.45) is 3.29. The van der Waals surface area contributed by atoms with Crippen LogP contribution in [0, 0.1) is 11.3 Å². The van der Waals surface area contributed by atoms with E-state index in [1.807, 2.05) is 0 Å². The third-order valence-electron chi connectivity index (χ3n) is 5.94. The van der Waals surface area contributed by atoms with E-state index in [-0.39, 0.29) is 17.6 Å². The number of aliphatic carboxylic acids is 1. The molecule has 1 heterocycles. The molecular formula is C19H25NO5S. The molecule has 1 saturated carbocycles. The van der Waals surface area contributed by atoms with E-state index in [2.05, 4.69) is 0 Å². The van der Waals surface area contributed by atoms with E-state index in [1.165, 1.54) is 0 Å². The van der Waals surface area contributed by atoms with Gasteiger partial charge in [-0.15, -0.1) is 0 Å². The predicted octanol–water partition coefficient (Wildman–Crippen LogP) is 2.13. The van der Waals surface area contributed by atoms with Crippen LogP contribution in [-0.2, 0) is 25.8 Å². The fraction of sp³-hybridized carbons (Fsp3) is 0.579. The maximum atomic E-state index is 12.5. The van der Waals surface area contributed by atoms with Crippen molar-refractivity contribution in [1.82, 2.24) is 4.90 Å². The summed E-state index contributed by atoms with van der Waals surface area (Å²) in [7, 11) is -3.21. The highest BCUT2D eigenvalue weighted by molar-refractivity contribution is 7.91. The van der Waals surface area contributed by atoms with Crippen LogP contribution < -0.4 is 0 Å². The Bertz CT molecular complexity index is 802. The number of carboxylic acid groups (broad SMARTS) is 1. The minimum atomic E-state index is -3.21. The summed E-state index contributed by atoms with van der Waals surface area (Å²) >= 11 is 0. The summed E-state index contributed by atoms with van der Waals surface area (Å²) in [6.45, 7) is 2.47. The van der Waals surface area contributed by atoms with E-state index in [1.54, 1.807) is 36.1 Å². The minimum absolute atomic E-state index is 0.0229. The lowest BCUT2D eigenvalue weighted by atomic mass is 9.81. The Kier molecular flexibility index (Phi) is 5.10. The number of likely N-dealkylation sites (tertiary alicyclic amines) is 1. The van der Waals surface area contributed by atoms with Gasteiger partial charge >= 0.3 is 5.97 Å². The molecule has 1 aromatic rings. The topological polar surface area (TPSA) is 91.8 Å². The van der Waals surface area contributed by atoms with Crippen molar-refractivity contribution in [1.29, 1.82) is 0 Å². The van der Waals surface area contributed by atoms with Gasteiger partial charge in [0.05, 0.1) is 16.1 Å². The first-order chi connectivity index (χ1) is 12.3. The van der Waals surface area contributed by atoms with Crippen LogP contribution in [0.15, 0.2) is 29.2 Å². The van der Waals surface area contributed by atoms with Crippen molar-refractivity contribution >= 4 is 21.7 Å². The van der Waals surface area contributed by atoms with Gasteiger partial charge in [-0.2, -0.15) is 0 Å². The summed E-state index contributed by atoms with van der Waals surface area (Å²) in [5.74, 6) is -0.664. The largest absolute Gasteiger partial charge is 0.481 e. The average molecular weight is 379 g/mol. The number of hydrogen-bond donors (Lipinski definition) is 1. The molecule has 1 saturated heterocycles. The first-order valence-corrected chi connectivity index (χ1v) is 10.8. The van der Waals surface area contributed by atoms with Gasteiger partial charge in [0.2, 0.25) is 5.91 Å². The smallest absolute Gasteiger partial charge is 0.311 e. The lowest BCUT2D eigenvalue weighted by Crippen LogP contribution is -2.37. The van der Waals surface area contributed by atoms with Crippen LogP contribution >= 0.6 is 0 Å². The molecule has 26 heavy (non-hydrogen) atoms. The maximum absolute atomic E-state index is 12.5. The molecule has 1 aliphatic carbocycles. The summed E-state index contributed by atoms with van der Waals surface area (Å²) in [6, 6.07) is 6.65. The molecule has 2 fully saturated rings. The minimum Gasteiger partial charge on any atom is -0.481 e. The maximum Gasteiger partial charge on any atom is 0.311 e. The van der Waals surface area contributed by atoms with Gasteiger partial charge in [0.1, 0.15) is 0 Å². The highest BCUT2D eigenvalue weighted by Crippen LogP contribution is 2.48. The molecule has 3 rings (SSSR count). The Morgan fingerprint density at radius 1 is 1.27 bits per heavy atom. The third kappa shape index (κ3) is 3.37. The molecule has 0 bridgehead atoms. The van der Waals surface area contributed by atoms with Crippen LogP contribution in [0.25, 0.3) is 0 Å². The van der Waals surface area contributed by atoms with Crippen molar-refractivity contribution in [3.63, 3.8) is 0 Å². The fourth-order valence-corrected chi connectivity index (χ4v) is 5.15. The van der Waals surface area contributed by atoms with Crippen molar-refractivity contribution in [2.75, 3.05) is 18.8 Å². The molecule has 142 valence electrons. The Morgan fingerprint density at radius 3 is 2.54 bits per heavy atom. The zero-order chi connectivity index (χ0) is 18.9. The Morgan fingerprint density at radius 2 is 1.96 bits per heavy atom. The van der Waals surface area contributed by atoms with E-state index in [4.69, 9.17) is 0 Å². The van der Waals surface area contributed by atoms with E-state index in [9.17, 15) is 23.1 Å². The summed E-state index contributed by atoms with van der Waals surface area (Å²) in [4.78, 5) is 26.2. The number of aryl methyl sites for hydroxylation is 1. The van der Waals surface area contributed by atoms with Crippen LogP contribution in [0.4, 0.5) is 0 Å². The molecule has 2 aliphatic rings. The molecule has 7 heteroatoms. The number of benzene rings is 1. The van der Waals surface area contributed by atoms with Gasteiger partial charge in [-0.25, -0.2) is 8.42 Å². The lowest BCUT2D eigenvalue weighted by Gasteiger charge is -2.23. The highest BCUT2D eigenvalue weighted by Gasteiger charge is 2.55. The van der Waals surface area contributed by atoms with Crippen molar-refractivity contribution in [2.45, 2.75) is 43.9 Å². The number of hydrogen-bond acceptors (Lipinski definition) is 4. The molecule has 1 N–H and O–H groups in total. The second kappa shape index (κ2) is 7.02. The zero-order valence-corrected chi connectivity index (χ0v) is 15.8. The molecular weight excluding hydrogens is 354 g/mol. The van der Waals surface area contributed by atoms with Gasteiger partial charge in [0.15, 0.2) is 9.84 Å². The van der Waals surface area contributed by atoms with Crippen LogP contribution in [-0.4, -0.2) is 49.1 Å². The number of rotatable bonds is 6. The van der Waals surface area contributed by atoms with Gasteiger partial charge in [0, 0.05) is 19.5 Å². The number of fused-ring (bicyclic) bond motifs is 1. The van der Waals surface area contributed by atoms with Crippen molar-refractivity contribution < 1.29 is 23.1 Å². The van der Waals surface area contributed by atoms with Gasteiger partial charge in [0.25, 0.3) is 0 Å². The van der Waals surface area contributed by atoms with Crippen LogP contribution in [0.3, 0.4) is 0 Å². The Labute approximate surface area is 154 Å². The summed E-state index contributed by atoms with van der Waals surface area (Å²) in [5.41, 5.74) is 0.159. The zero-order valence-electron chi connectivity index (χ0n) is 15.0. The van der Waals surface area contributed by atoms with E-state index >= 15 is 0 Å². The molecule has 6 nitrogen and oxygen atoms in total. The quantitative estimate of drug-likeness (QED) is 0.817. The normalized spacial score (nSPS) is 25.3. The molecule has 0 radical (unpaired) electrons. The summed E-state index contributed by atoms with van der Waals surface area (Å²) < 4.78 is 23.6. The van der Waals surface area contributed by atoms with Crippen molar-refractivity contribution in [3.05, 3.63) is 29.8 Å².